The van der Waals surface area contributed by atoms with Crippen LogP contribution >= 0.6 is 0 Å². The number of hydrogen-bond acceptors (Lipinski definition) is 5. The maximum atomic E-state index is 13.3. The van der Waals surface area contributed by atoms with E-state index in [9.17, 15) is 14.4 Å². The van der Waals surface area contributed by atoms with Gasteiger partial charge in [-0.1, -0.05) is 41.5 Å². The van der Waals surface area contributed by atoms with Gasteiger partial charge in [-0.2, -0.15) is 0 Å². The number of fused-ring (bicyclic) bond motifs is 7. The van der Waals surface area contributed by atoms with Gasteiger partial charge in [-0.25, -0.2) is 5.84 Å². The maximum Gasteiger partial charge on any atom is 0.302 e. The number of nitrogens with one attached hydrogen (secondary N) is 1. The molecule has 0 bridgehead atoms. The highest BCUT2D eigenvalue weighted by molar-refractivity contribution is 6.06. The summed E-state index contributed by atoms with van der Waals surface area (Å²) in [4.78, 5) is 38.5. The molecule has 5 aliphatic carbocycles. The largest absolute Gasteiger partial charge is 0.462 e. The van der Waals surface area contributed by atoms with E-state index in [0.29, 0.717) is 17.8 Å². The number of Topliss-reactive ketones (excluding diaryl/α,β-unsaturated/α-hetero) is 1. The molecular formula is C31H48N2O4. The second-order valence-electron chi connectivity index (χ2n) is 14.6. The first-order chi connectivity index (χ1) is 17.2. The third kappa shape index (κ3) is 3.56. The second-order valence-corrected chi connectivity index (χ2v) is 14.6. The molecule has 0 heterocycles. The van der Waals surface area contributed by atoms with Gasteiger partial charge in [0.2, 0.25) is 5.91 Å². The second kappa shape index (κ2) is 8.66. The first-order valence-electron chi connectivity index (χ1n) is 14.7. The minimum Gasteiger partial charge on any atom is -0.462 e. The van der Waals surface area contributed by atoms with Gasteiger partial charge in [0.1, 0.15) is 6.10 Å². The number of hydrazine groups is 1. The Bertz CT molecular complexity index is 1050. The van der Waals surface area contributed by atoms with Crippen molar-refractivity contribution in [2.75, 3.05) is 0 Å². The zero-order valence-corrected chi connectivity index (χ0v) is 24.0. The predicted octanol–water partition coefficient (Wildman–Crippen LogP) is 5.50. The predicted molar refractivity (Wildman–Crippen MR) is 143 cm³/mol. The summed E-state index contributed by atoms with van der Waals surface area (Å²) in [5.41, 5.74) is 4.08. The fourth-order valence-corrected chi connectivity index (χ4v) is 11.1. The van der Waals surface area contributed by atoms with E-state index in [-0.39, 0.29) is 58.3 Å². The first-order valence-corrected chi connectivity index (χ1v) is 14.7. The average Bonchev–Trinajstić information content (AvgIpc) is 3.13. The van der Waals surface area contributed by atoms with Gasteiger partial charge in [-0.3, -0.25) is 19.8 Å². The molecule has 0 spiro atoms. The lowest BCUT2D eigenvalue weighted by molar-refractivity contribution is -0.212. The van der Waals surface area contributed by atoms with Crippen molar-refractivity contribution < 1.29 is 19.1 Å². The molecule has 5 rings (SSSR count). The molecule has 8 unspecified atom stereocenters. The molecule has 5 aliphatic rings. The Kier molecular flexibility index (Phi) is 6.29. The lowest BCUT2D eigenvalue weighted by Gasteiger charge is -2.68. The zero-order chi connectivity index (χ0) is 27.1. The van der Waals surface area contributed by atoms with Gasteiger partial charge in [-0.05, 0) is 103 Å². The van der Waals surface area contributed by atoms with Gasteiger partial charge in [0.25, 0.3) is 0 Å². The van der Waals surface area contributed by atoms with Crippen molar-refractivity contribution in [2.24, 2.45) is 57.1 Å². The number of carbonyl (C=O) groups excluding carboxylic acids is 3. The van der Waals surface area contributed by atoms with Gasteiger partial charge in [0.05, 0.1) is 5.41 Å². The van der Waals surface area contributed by atoms with E-state index in [4.69, 9.17) is 10.6 Å². The van der Waals surface area contributed by atoms with Crippen LogP contribution in [0.1, 0.15) is 106 Å². The van der Waals surface area contributed by atoms with E-state index in [1.165, 1.54) is 6.92 Å². The van der Waals surface area contributed by atoms with Gasteiger partial charge >= 0.3 is 5.97 Å². The van der Waals surface area contributed by atoms with E-state index in [0.717, 1.165) is 62.5 Å². The minimum atomic E-state index is -0.749. The molecule has 0 saturated heterocycles. The smallest absolute Gasteiger partial charge is 0.302 e. The van der Waals surface area contributed by atoms with Gasteiger partial charge in [-0.15, -0.1) is 0 Å². The van der Waals surface area contributed by atoms with Crippen molar-refractivity contribution in [1.82, 2.24) is 5.43 Å². The van der Waals surface area contributed by atoms with Crippen LogP contribution in [0, 0.1) is 51.2 Å². The standard InChI is InChI=1S/C31H48N2O4/c1-17(2)25-21(35)16-31(27(36)33-32)15-10-20-19(26(25)31)8-9-23-29(20,6)13-11-22-28(4,5)24(37-18(3)34)12-14-30(22,23)7/h17,19-20,22-24H,8-16,32H2,1-7H3,(H,33,36). The highest BCUT2D eigenvalue weighted by Gasteiger charge is 2.67. The molecule has 0 aromatic rings. The van der Waals surface area contributed by atoms with Gasteiger partial charge in [0, 0.05) is 18.8 Å². The van der Waals surface area contributed by atoms with Crippen molar-refractivity contribution in [3.8, 4) is 0 Å². The number of rotatable bonds is 3. The minimum absolute atomic E-state index is 0.0166. The molecule has 4 fully saturated rings. The Hall–Kier alpha value is -1.69. The average molecular weight is 513 g/mol. The van der Waals surface area contributed by atoms with Crippen LogP contribution in [0.15, 0.2) is 11.1 Å². The van der Waals surface area contributed by atoms with E-state index in [1.807, 2.05) is 0 Å². The van der Waals surface area contributed by atoms with Crippen LogP contribution in [-0.2, 0) is 19.1 Å². The van der Waals surface area contributed by atoms with Crippen LogP contribution in [0.25, 0.3) is 0 Å². The van der Waals surface area contributed by atoms with Crippen molar-refractivity contribution in [3.05, 3.63) is 11.1 Å². The Labute approximate surface area is 222 Å². The number of esters is 1. The molecule has 0 aromatic heterocycles. The highest BCUT2D eigenvalue weighted by atomic mass is 16.5. The van der Waals surface area contributed by atoms with Crippen molar-refractivity contribution in [3.63, 3.8) is 0 Å². The number of carbonyl (C=O) groups is 3. The Morgan fingerprint density at radius 1 is 0.946 bits per heavy atom. The summed E-state index contributed by atoms with van der Waals surface area (Å²) in [5.74, 6) is 7.51. The zero-order valence-electron chi connectivity index (χ0n) is 24.0. The van der Waals surface area contributed by atoms with Crippen molar-refractivity contribution >= 4 is 17.7 Å². The summed E-state index contributed by atoms with van der Waals surface area (Å²) in [6.07, 6.45) is 8.45. The Morgan fingerprint density at radius 2 is 1.62 bits per heavy atom. The Morgan fingerprint density at radius 3 is 2.24 bits per heavy atom. The van der Waals surface area contributed by atoms with E-state index in [1.54, 1.807) is 0 Å². The lowest BCUT2D eigenvalue weighted by atomic mass is 9.36. The molecule has 0 aromatic carbocycles. The van der Waals surface area contributed by atoms with Crippen LogP contribution in [0.5, 0.6) is 0 Å². The molecular weight excluding hydrogens is 464 g/mol. The normalized spacial score (nSPS) is 44.5. The van der Waals surface area contributed by atoms with Crippen LogP contribution in [0.4, 0.5) is 0 Å². The van der Waals surface area contributed by atoms with Crippen molar-refractivity contribution in [2.45, 2.75) is 112 Å². The van der Waals surface area contributed by atoms with Crippen molar-refractivity contribution in [1.29, 1.82) is 0 Å². The fourth-order valence-electron chi connectivity index (χ4n) is 11.1. The number of nitrogens with two attached hydrogens (primary N) is 1. The van der Waals surface area contributed by atoms with Crippen LogP contribution < -0.4 is 11.3 Å². The lowest BCUT2D eigenvalue weighted by Crippen LogP contribution is -2.63. The number of ketones is 1. The Balaban J connectivity index is 1.53. The summed E-state index contributed by atoms with van der Waals surface area (Å²) >= 11 is 0. The number of amides is 1. The maximum absolute atomic E-state index is 13.3. The number of hydrogen-bond donors (Lipinski definition) is 2. The quantitative estimate of drug-likeness (QED) is 0.225. The molecule has 6 heteroatoms. The van der Waals surface area contributed by atoms with Crippen LogP contribution in [-0.4, -0.2) is 23.8 Å². The third-order valence-electron chi connectivity index (χ3n) is 12.4. The summed E-state index contributed by atoms with van der Waals surface area (Å²) in [6, 6.07) is 0. The van der Waals surface area contributed by atoms with Crippen LogP contribution in [0.2, 0.25) is 0 Å². The van der Waals surface area contributed by atoms with Gasteiger partial charge in [0.15, 0.2) is 5.78 Å². The first kappa shape index (κ1) is 26.9. The molecule has 1 amide bonds. The number of allylic oxidation sites excluding steroid dienone is 1. The third-order valence-corrected chi connectivity index (χ3v) is 12.4. The monoisotopic (exact) mass is 512 g/mol. The topological polar surface area (TPSA) is 98.5 Å². The number of ether oxygens (including phenoxy) is 1. The fraction of sp³-hybridized carbons (Fsp3) is 0.839. The van der Waals surface area contributed by atoms with E-state index < -0.39 is 5.41 Å². The molecule has 206 valence electrons. The van der Waals surface area contributed by atoms with Crippen LogP contribution in [0.3, 0.4) is 0 Å². The molecule has 37 heavy (non-hydrogen) atoms. The molecule has 3 N–H and O–H groups in total. The molecule has 0 radical (unpaired) electrons. The molecule has 8 atom stereocenters. The van der Waals surface area contributed by atoms with E-state index >= 15 is 0 Å². The summed E-state index contributed by atoms with van der Waals surface area (Å²) < 4.78 is 5.86. The molecule has 4 saturated carbocycles. The SMILES string of the molecule is CC(=O)OC1CCC2(C)C(CCC3(C)C4CCC5(C(=O)NN)CC(=O)C(C(C)C)=C5C4CCC32)C1(C)C. The summed E-state index contributed by atoms with van der Waals surface area (Å²) in [6.45, 7) is 15.4. The summed E-state index contributed by atoms with van der Waals surface area (Å²) in [5, 5.41) is 0. The van der Waals surface area contributed by atoms with Gasteiger partial charge < -0.3 is 4.74 Å². The molecule has 0 aliphatic heterocycles. The highest BCUT2D eigenvalue weighted by Crippen LogP contribution is 2.73. The summed E-state index contributed by atoms with van der Waals surface area (Å²) in [7, 11) is 0. The molecule has 6 nitrogen and oxygen atoms in total. The van der Waals surface area contributed by atoms with E-state index in [2.05, 4.69) is 47.0 Å².